The summed E-state index contributed by atoms with van der Waals surface area (Å²) in [5.74, 6) is 0.550. The summed E-state index contributed by atoms with van der Waals surface area (Å²) in [6.45, 7) is 7.00. The molecule has 0 spiro atoms. The number of benzene rings is 1. The van der Waals surface area contributed by atoms with Gasteiger partial charge in [0, 0.05) is 36.3 Å². The van der Waals surface area contributed by atoms with Crippen LogP contribution in [0.25, 0.3) is 0 Å². The highest BCUT2D eigenvalue weighted by Gasteiger charge is 2.30. The molecule has 1 aliphatic heterocycles. The molecule has 1 saturated carbocycles. The van der Waals surface area contributed by atoms with Crippen molar-refractivity contribution >= 4 is 11.8 Å². The summed E-state index contributed by atoms with van der Waals surface area (Å²) >= 11 is 0. The maximum Gasteiger partial charge on any atom is 0.260 e. The van der Waals surface area contributed by atoms with E-state index < -0.39 is 0 Å². The fraction of sp³-hybridized carbons (Fsp3) is 0.652. The second-order valence-electron chi connectivity index (χ2n) is 8.70. The van der Waals surface area contributed by atoms with E-state index in [-0.39, 0.29) is 30.5 Å². The van der Waals surface area contributed by atoms with E-state index in [1.165, 1.54) is 19.3 Å². The first kappa shape index (κ1) is 21.6. The Morgan fingerprint density at radius 2 is 1.76 bits per heavy atom. The minimum atomic E-state index is -0.0837. The Morgan fingerprint density at radius 3 is 2.34 bits per heavy atom. The SMILES string of the molecule is CC(CNC(=O)c1ccc(OCC(=O)N2C(C)CCCC2C)cc1)N(C)C1CC1. The number of hydrogen-bond acceptors (Lipinski definition) is 4. The van der Waals surface area contributed by atoms with Crippen molar-refractivity contribution in [2.45, 2.75) is 77.0 Å². The Hall–Kier alpha value is -2.08. The lowest BCUT2D eigenvalue weighted by Crippen LogP contribution is -2.49. The highest BCUT2D eigenvalue weighted by Crippen LogP contribution is 2.26. The van der Waals surface area contributed by atoms with Gasteiger partial charge in [0.1, 0.15) is 5.75 Å². The number of hydrogen-bond donors (Lipinski definition) is 1. The normalized spacial score (nSPS) is 23.0. The quantitative estimate of drug-likeness (QED) is 0.727. The number of ether oxygens (including phenoxy) is 1. The predicted octanol–water partition coefficient (Wildman–Crippen LogP) is 3.07. The summed E-state index contributed by atoms with van der Waals surface area (Å²) < 4.78 is 5.69. The molecule has 6 nitrogen and oxygen atoms in total. The van der Waals surface area contributed by atoms with E-state index >= 15 is 0 Å². The molecule has 2 amide bonds. The van der Waals surface area contributed by atoms with Crippen LogP contribution in [-0.2, 0) is 4.79 Å². The van der Waals surface area contributed by atoms with Crippen molar-refractivity contribution in [1.82, 2.24) is 15.1 Å². The molecular weight excluding hydrogens is 366 g/mol. The van der Waals surface area contributed by atoms with Gasteiger partial charge in [-0.1, -0.05) is 0 Å². The van der Waals surface area contributed by atoms with Crippen LogP contribution in [0, 0.1) is 0 Å². The molecular formula is C23H35N3O3. The Morgan fingerprint density at radius 1 is 1.14 bits per heavy atom. The number of likely N-dealkylation sites (N-methyl/N-ethyl adjacent to an activating group) is 1. The number of nitrogens with one attached hydrogen (secondary N) is 1. The summed E-state index contributed by atoms with van der Waals surface area (Å²) in [4.78, 5) is 29.2. The highest BCUT2D eigenvalue weighted by atomic mass is 16.5. The maximum absolute atomic E-state index is 12.6. The number of carbonyl (C=O) groups excluding carboxylic acids is 2. The van der Waals surface area contributed by atoms with Gasteiger partial charge in [-0.15, -0.1) is 0 Å². The molecule has 2 aliphatic rings. The molecule has 6 heteroatoms. The average Bonchev–Trinajstić information content (AvgIpc) is 3.55. The van der Waals surface area contributed by atoms with E-state index in [4.69, 9.17) is 4.74 Å². The third kappa shape index (κ3) is 5.72. The summed E-state index contributed by atoms with van der Waals surface area (Å²) in [5, 5.41) is 3.00. The predicted molar refractivity (Wildman–Crippen MR) is 114 cm³/mol. The number of rotatable bonds is 8. The van der Waals surface area contributed by atoms with Gasteiger partial charge in [0.05, 0.1) is 0 Å². The van der Waals surface area contributed by atoms with Crippen molar-refractivity contribution in [3.05, 3.63) is 29.8 Å². The maximum atomic E-state index is 12.6. The average molecular weight is 402 g/mol. The fourth-order valence-electron chi connectivity index (χ4n) is 4.16. The van der Waals surface area contributed by atoms with Gasteiger partial charge in [-0.3, -0.25) is 14.5 Å². The van der Waals surface area contributed by atoms with E-state index in [1.807, 2.05) is 4.90 Å². The number of amides is 2. The van der Waals surface area contributed by atoms with E-state index in [1.54, 1.807) is 24.3 Å². The number of piperidine rings is 1. The van der Waals surface area contributed by atoms with Crippen LogP contribution in [0.15, 0.2) is 24.3 Å². The topological polar surface area (TPSA) is 61.9 Å². The van der Waals surface area contributed by atoms with Gasteiger partial charge in [0.2, 0.25) is 0 Å². The third-order valence-corrected chi connectivity index (χ3v) is 6.34. The number of likely N-dealkylation sites (tertiary alicyclic amines) is 1. The van der Waals surface area contributed by atoms with Crippen LogP contribution < -0.4 is 10.1 Å². The van der Waals surface area contributed by atoms with Gasteiger partial charge < -0.3 is 15.0 Å². The van der Waals surface area contributed by atoms with E-state index in [9.17, 15) is 9.59 Å². The van der Waals surface area contributed by atoms with Gasteiger partial charge in [0.25, 0.3) is 11.8 Å². The van der Waals surface area contributed by atoms with Gasteiger partial charge in [0.15, 0.2) is 6.61 Å². The van der Waals surface area contributed by atoms with Gasteiger partial charge in [-0.25, -0.2) is 0 Å². The second kappa shape index (κ2) is 9.61. The van der Waals surface area contributed by atoms with Crippen molar-refractivity contribution in [2.75, 3.05) is 20.2 Å². The monoisotopic (exact) mass is 401 g/mol. The molecule has 1 saturated heterocycles. The lowest BCUT2D eigenvalue weighted by Gasteiger charge is -2.38. The minimum Gasteiger partial charge on any atom is -0.484 e. The smallest absolute Gasteiger partial charge is 0.260 e. The molecule has 29 heavy (non-hydrogen) atoms. The lowest BCUT2D eigenvalue weighted by molar-refractivity contribution is -0.139. The number of carbonyl (C=O) groups is 2. The molecule has 1 heterocycles. The largest absolute Gasteiger partial charge is 0.484 e. The van der Waals surface area contributed by atoms with Crippen LogP contribution in [0.1, 0.15) is 63.2 Å². The Kier molecular flexibility index (Phi) is 7.17. The van der Waals surface area contributed by atoms with Gasteiger partial charge in [-0.05, 0) is 84.2 Å². The summed E-state index contributed by atoms with van der Waals surface area (Å²) in [6, 6.07) is 8.53. The summed E-state index contributed by atoms with van der Waals surface area (Å²) in [7, 11) is 2.12. The van der Waals surface area contributed by atoms with Crippen LogP contribution in [0.5, 0.6) is 5.75 Å². The van der Waals surface area contributed by atoms with Crippen molar-refractivity contribution < 1.29 is 14.3 Å². The van der Waals surface area contributed by atoms with Crippen LogP contribution >= 0.6 is 0 Å². The van der Waals surface area contributed by atoms with Crippen LogP contribution in [0.4, 0.5) is 0 Å². The molecule has 1 aliphatic carbocycles. The lowest BCUT2D eigenvalue weighted by atomic mass is 9.97. The Labute approximate surface area is 174 Å². The standard InChI is InChI=1S/C23H35N3O3/c1-16-6-5-7-17(2)26(16)22(27)15-29-21-12-8-19(9-13-21)23(28)24-14-18(3)25(4)20-10-11-20/h8-9,12-13,16-18,20H,5-7,10-11,14-15H2,1-4H3,(H,24,28). The van der Waals surface area contributed by atoms with E-state index in [2.05, 4.69) is 38.0 Å². The second-order valence-corrected chi connectivity index (χ2v) is 8.70. The Balaban J connectivity index is 1.45. The Bertz CT molecular complexity index is 692. The number of nitrogens with zero attached hydrogens (tertiary/aromatic N) is 2. The van der Waals surface area contributed by atoms with Crippen LogP contribution in [-0.4, -0.2) is 66.0 Å². The zero-order chi connectivity index (χ0) is 21.0. The fourth-order valence-corrected chi connectivity index (χ4v) is 4.16. The van der Waals surface area contributed by atoms with Crippen LogP contribution in [0.3, 0.4) is 0 Å². The summed E-state index contributed by atoms with van der Waals surface area (Å²) in [6.07, 6.45) is 5.79. The van der Waals surface area contributed by atoms with Crippen molar-refractivity contribution in [1.29, 1.82) is 0 Å². The van der Waals surface area contributed by atoms with Crippen LogP contribution in [0.2, 0.25) is 0 Å². The summed E-state index contributed by atoms with van der Waals surface area (Å²) in [5.41, 5.74) is 0.600. The van der Waals surface area contributed by atoms with Crippen molar-refractivity contribution in [2.24, 2.45) is 0 Å². The van der Waals surface area contributed by atoms with E-state index in [0.717, 1.165) is 12.8 Å². The van der Waals surface area contributed by atoms with E-state index in [0.29, 0.717) is 29.9 Å². The molecule has 3 unspecified atom stereocenters. The minimum absolute atomic E-state index is 0.0280. The molecule has 2 fully saturated rings. The molecule has 1 N–H and O–H groups in total. The third-order valence-electron chi connectivity index (χ3n) is 6.34. The molecule has 160 valence electrons. The highest BCUT2D eigenvalue weighted by molar-refractivity contribution is 5.94. The molecule has 1 aromatic carbocycles. The molecule has 3 atom stereocenters. The van der Waals surface area contributed by atoms with Crippen molar-refractivity contribution in [3.8, 4) is 5.75 Å². The molecule has 0 aromatic heterocycles. The first-order chi connectivity index (χ1) is 13.9. The molecule has 3 rings (SSSR count). The van der Waals surface area contributed by atoms with Gasteiger partial charge in [-0.2, -0.15) is 0 Å². The molecule has 0 radical (unpaired) electrons. The first-order valence-corrected chi connectivity index (χ1v) is 10.9. The molecule has 1 aromatic rings. The molecule has 0 bridgehead atoms. The van der Waals surface area contributed by atoms with Gasteiger partial charge >= 0.3 is 0 Å². The first-order valence-electron chi connectivity index (χ1n) is 10.9. The zero-order valence-corrected chi connectivity index (χ0v) is 18.2. The zero-order valence-electron chi connectivity index (χ0n) is 18.2. The van der Waals surface area contributed by atoms with Crippen molar-refractivity contribution in [3.63, 3.8) is 0 Å².